The van der Waals surface area contributed by atoms with Crippen LogP contribution in [0, 0.1) is 11.8 Å². The number of pyridine rings is 1. The summed E-state index contributed by atoms with van der Waals surface area (Å²) in [6.45, 7) is 6.89. The summed E-state index contributed by atoms with van der Waals surface area (Å²) in [6.07, 6.45) is -19.8. The van der Waals surface area contributed by atoms with Gasteiger partial charge in [-0.2, -0.15) is 0 Å². The lowest BCUT2D eigenvalue weighted by molar-refractivity contribution is -0.149. The number of amides is 8. The molecule has 10 rings (SSSR count). The van der Waals surface area contributed by atoms with Crippen LogP contribution < -0.4 is 53.6 Å². The van der Waals surface area contributed by atoms with Crippen LogP contribution in [0.4, 0.5) is 0 Å². The zero-order valence-corrected chi connectivity index (χ0v) is 64.0. The number of hydrogen-bond acceptors (Lipinski definition) is 28. The largest absolute Gasteiger partial charge is 0.508 e. The van der Waals surface area contributed by atoms with E-state index in [1.807, 2.05) is 53.5 Å². The second-order valence-corrected chi connectivity index (χ2v) is 29.4. The molecule has 4 saturated heterocycles. The zero-order valence-electron chi connectivity index (χ0n) is 64.0. The van der Waals surface area contributed by atoms with Crippen LogP contribution in [0.25, 0.3) is 22.3 Å². The third kappa shape index (κ3) is 21.7. The highest BCUT2D eigenvalue weighted by Crippen LogP contribution is 2.34. The van der Waals surface area contributed by atoms with Gasteiger partial charge in [-0.15, -0.1) is 0 Å². The van der Waals surface area contributed by atoms with Crippen LogP contribution in [0.3, 0.4) is 0 Å². The number of nitrogens with zero attached hydrogens (tertiary/aromatic N) is 4. The number of nitrogens with one attached hydrogen (secondary N) is 7. The van der Waals surface area contributed by atoms with Crippen molar-refractivity contribution in [3.05, 3.63) is 165 Å². The number of aromatic nitrogens is 3. The number of nitrogens with two attached hydrogens (primary N) is 1. The Kier molecular flexibility index (Phi) is 30.4. The number of aromatic amines is 1. The van der Waals surface area contributed by atoms with Crippen LogP contribution >= 0.6 is 0 Å². The molecule has 632 valence electrons. The Labute approximate surface area is 667 Å². The van der Waals surface area contributed by atoms with Crippen LogP contribution in [-0.4, -0.2) is 278 Å². The Morgan fingerprint density at radius 3 is 1.76 bits per heavy atom. The number of carboxylic acids is 1. The Morgan fingerprint density at radius 2 is 1.20 bits per heavy atom. The molecule has 4 aromatic carbocycles. The van der Waals surface area contributed by atoms with E-state index in [9.17, 15) is 124 Å². The van der Waals surface area contributed by atoms with Crippen LogP contribution in [0.1, 0.15) is 107 Å². The standard InChI is InChI=1S/C58H73N7O17.C20H25N5O10/c1-5-6-7-24-82-40-22-18-35(19-23-40)33-10-8-32(9-11-33)34-12-14-37(15-13-34)51(74)59-41-26-43(70)54(77)63-56(79)47-48(71)29(2)27-65(47)58(81)45(31(4)67)61-55(78)46(50(73)49(72)36-16-20-38(68)21-17-36)62-53(76)42-25-39(69)28-64(42)57(80)44(30(3)66)60-52(41)75;1-7(13(28)9-3-2-8(26)6-22-9)11(21)17(31)24-12(19(32)33)16-14(29)15(30)18(35-16)25-5-4-10(27)23-20(25)34/h8-23,29-31,39,41-50,54,66-73,77H,5-7,24-28H2,1-4H3,(H,59,74)(H,60,75)(H,61,78)(H,62,76)(H,63,79);2-7,11-16,18,26,28-30H,21H2,1H3,(H,24,31)(H,32,33)(H,23,27,34)/t29-,30-,31-,39+,41+,42-,43+,44-,45-,46-,47-,48-,49-,50-,54+;7-,11-,12-,13-,14?,15?,16?,18?/m00/s1. The molecule has 0 saturated carbocycles. The molecule has 4 unspecified atom stereocenters. The van der Waals surface area contributed by atoms with E-state index in [0.29, 0.717) is 12.2 Å². The van der Waals surface area contributed by atoms with Gasteiger partial charge in [0.15, 0.2) is 18.5 Å². The molecule has 23 atom stereocenters. The quantitative estimate of drug-likeness (QED) is 0.0285. The molecule has 8 amide bonds. The molecule has 4 aliphatic heterocycles. The lowest BCUT2D eigenvalue weighted by Gasteiger charge is -2.34. The molecule has 6 aromatic rings. The summed E-state index contributed by atoms with van der Waals surface area (Å²) in [7, 11) is 0. The molecule has 6 heterocycles. The number of ether oxygens (including phenoxy) is 2. The van der Waals surface area contributed by atoms with Crippen molar-refractivity contribution in [2.45, 2.75) is 195 Å². The van der Waals surface area contributed by atoms with Crippen LogP contribution in [0.15, 0.2) is 137 Å². The van der Waals surface area contributed by atoms with Crippen molar-refractivity contribution >= 4 is 53.2 Å². The van der Waals surface area contributed by atoms with Gasteiger partial charge in [0.1, 0.15) is 96.2 Å². The first-order valence-corrected chi connectivity index (χ1v) is 37.6. The van der Waals surface area contributed by atoms with Gasteiger partial charge in [-0.25, -0.2) is 9.59 Å². The zero-order chi connectivity index (χ0) is 85.7. The maximum Gasteiger partial charge on any atom is 0.330 e. The third-order valence-electron chi connectivity index (χ3n) is 20.8. The molecule has 39 nitrogen and oxygen atoms in total. The number of carbonyl (C=O) groups is 9. The molecule has 4 fully saturated rings. The molecule has 0 bridgehead atoms. The summed E-state index contributed by atoms with van der Waals surface area (Å²) in [5.41, 5.74) is 7.70. The SMILES string of the molecule is CCCCCOc1ccc(-c2ccc(-c3ccc(C(=O)N[C@@H]4C[C@@H](O)[C@@H](O)NC(=O)[C@@H]5[C@@H](O)[C@@H](C)CN5C(=O)[C@H]([C@H](C)O)NC(=O)[C@H]([C@H](O)[C@@H](O)c5ccc(O)cc5)NC(=O)[C@@H]5C[C@@H](O)CN5C(=O)[C@H]([C@H](C)O)NC4=O)cc3)cc2)cc1.C[C@@H]([C@H](N)C(=O)N[C@H](C(=O)O)C1OC(n2ccc(=O)[nH]c2=O)C(O)C1O)[C@H](O)c1ccc(O)cn1. The Bertz CT molecular complexity index is 4580. The molecule has 0 radical (unpaired) electrons. The van der Waals surface area contributed by atoms with Crippen molar-refractivity contribution in [1.82, 2.24) is 56.2 Å². The van der Waals surface area contributed by atoms with E-state index >= 15 is 0 Å². The second-order valence-electron chi connectivity index (χ2n) is 29.4. The normalized spacial score (nSPS) is 26.9. The van der Waals surface area contributed by atoms with E-state index in [4.69, 9.17) is 15.2 Å². The lowest BCUT2D eigenvalue weighted by Crippen LogP contribution is -2.64. The lowest BCUT2D eigenvalue weighted by atomic mass is 9.92. The summed E-state index contributed by atoms with van der Waals surface area (Å²) in [4.78, 5) is 155. The average molecular weight is 1640 g/mol. The molecule has 2 aromatic heterocycles. The second kappa shape index (κ2) is 39.6. The fourth-order valence-corrected chi connectivity index (χ4v) is 13.9. The van der Waals surface area contributed by atoms with Gasteiger partial charge in [-0.05, 0) is 96.6 Å². The number of phenols is 1. The number of unbranched alkanes of at least 4 members (excludes halogenated alkanes) is 2. The van der Waals surface area contributed by atoms with Gasteiger partial charge in [0.25, 0.3) is 11.5 Å². The smallest absolute Gasteiger partial charge is 0.330 e. The number of phenolic OH excluding ortho intramolecular Hbond substituents is 1. The van der Waals surface area contributed by atoms with E-state index in [-0.39, 0.29) is 34.9 Å². The maximum atomic E-state index is 14.5. The highest BCUT2D eigenvalue weighted by Gasteiger charge is 2.53. The predicted octanol–water partition coefficient (Wildman–Crippen LogP) is -4.40. The maximum absolute atomic E-state index is 14.5. The number of aliphatic carboxylic acids is 1. The summed E-state index contributed by atoms with van der Waals surface area (Å²) >= 11 is 0. The number of fused-ring (bicyclic) bond motifs is 2. The first-order valence-electron chi connectivity index (χ1n) is 37.6. The first kappa shape index (κ1) is 89.7. The van der Waals surface area contributed by atoms with Gasteiger partial charge in [0.2, 0.25) is 41.4 Å². The van der Waals surface area contributed by atoms with Crippen LogP contribution in [0.5, 0.6) is 17.2 Å². The molecule has 0 aliphatic carbocycles. The Balaban J connectivity index is 0.000000371. The summed E-state index contributed by atoms with van der Waals surface area (Å²) in [5.74, 6) is -12.4. The van der Waals surface area contributed by atoms with Gasteiger partial charge in [-0.3, -0.25) is 57.7 Å². The van der Waals surface area contributed by atoms with E-state index in [0.717, 1.165) is 101 Å². The van der Waals surface area contributed by atoms with E-state index < -0.39 is 224 Å². The topological polar surface area (TPSA) is 628 Å². The third-order valence-corrected chi connectivity index (χ3v) is 20.8. The van der Waals surface area contributed by atoms with Gasteiger partial charge in [0, 0.05) is 55.6 Å². The van der Waals surface area contributed by atoms with Crippen molar-refractivity contribution in [1.29, 1.82) is 0 Å². The molecule has 117 heavy (non-hydrogen) atoms. The number of carboxylic acid groups (broad SMARTS) is 1. The minimum atomic E-state index is -2.29. The van der Waals surface area contributed by atoms with Gasteiger partial charge in [0.05, 0.1) is 49.0 Å². The fraction of sp³-hybridized carbons (Fsp3) is 0.462. The van der Waals surface area contributed by atoms with Crippen molar-refractivity contribution in [2.24, 2.45) is 17.6 Å². The van der Waals surface area contributed by atoms with E-state index in [2.05, 4.69) is 43.8 Å². The molecule has 0 spiro atoms. The predicted molar refractivity (Wildman–Crippen MR) is 408 cm³/mol. The number of aliphatic hydroxyl groups excluding tert-OH is 11. The summed E-state index contributed by atoms with van der Waals surface area (Å²) in [6, 6.07) is 15.0. The van der Waals surface area contributed by atoms with Crippen molar-refractivity contribution in [3.63, 3.8) is 0 Å². The molecule has 23 N–H and O–H groups in total. The molecule has 39 heteroatoms. The van der Waals surface area contributed by atoms with Gasteiger partial charge >= 0.3 is 11.7 Å². The van der Waals surface area contributed by atoms with Crippen LogP contribution in [-0.2, 0) is 43.1 Å². The number of aromatic hydroxyl groups is 2. The molecular formula is C78H98N12O27. The van der Waals surface area contributed by atoms with Gasteiger partial charge < -0.3 is 128 Å². The summed E-state index contributed by atoms with van der Waals surface area (Å²) in [5, 5.41) is 164. The number of H-pyrrole nitrogens is 1. The Hall–Kier alpha value is -11.2. The Morgan fingerprint density at radius 1 is 0.632 bits per heavy atom. The van der Waals surface area contributed by atoms with Gasteiger partial charge in [-0.1, -0.05) is 94.3 Å². The van der Waals surface area contributed by atoms with Crippen molar-refractivity contribution < 1.29 is 124 Å². The number of aliphatic hydroxyl groups is 11. The van der Waals surface area contributed by atoms with Crippen molar-refractivity contribution in [3.8, 4) is 39.5 Å². The highest BCUT2D eigenvalue weighted by atomic mass is 16.6. The highest BCUT2D eigenvalue weighted by molar-refractivity contribution is 6.00. The number of benzene rings is 4. The number of rotatable bonds is 22. The average Bonchev–Trinajstić information content (AvgIpc) is 1.65. The molecular weight excluding hydrogens is 1540 g/mol. The fourth-order valence-electron chi connectivity index (χ4n) is 13.9. The summed E-state index contributed by atoms with van der Waals surface area (Å²) < 4.78 is 12.0. The van der Waals surface area contributed by atoms with E-state index in [1.54, 1.807) is 12.1 Å². The minimum Gasteiger partial charge on any atom is -0.508 e. The van der Waals surface area contributed by atoms with E-state index in [1.165, 1.54) is 50.2 Å². The number of carbonyl (C=O) groups excluding carboxylic acids is 8. The minimum absolute atomic E-state index is 0.00973. The van der Waals surface area contributed by atoms with Crippen molar-refractivity contribution in [2.75, 3.05) is 19.7 Å². The molecule has 4 aliphatic rings. The number of hydrogen-bond donors (Lipinski definition) is 22. The first-order chi connectivity index (χ1) is 55.4. The van der Waals surface area contributed by atoms with Crippen LogP contribution in [0.2, 0.25) is 0 Å². The monoisotopic (exact) mass is 1630 g/mol.